The zero-order valence-electron chi connectivity index (χ0n) is 15.7. The molecule has 1 heterocycles. The van der Waals surface area contributed by atoms with Gasteiger partial charge in [0.2, 0.25) is 11.8 Å². The standard InChI is InChI=1S/C20H28ClFN2O2/c1-4-20(5-2,6-3)19(26)24-12-16(14-8-7-9-15(22)10-14)17(13-24)23-18(25)11-21/h7-10,16-17H,4-6,11-13H2,1-3H3,(H,23,25)/t16-,17+/m0/s1. The zero-order chi connectivity index (χ0) is 19.3. The van der Waals surface area contributed by atoms with Crippen LogP contribution in [0.5, 0.6) is 0 Å². The van der Waals surface area contributed by atoms with Crippen molar-refractivity contribution in [2.45, 2.75) is 52.0 Å². The minimum Gasteiger partial charge on any atom is -0.350 e. The molecule has 0 radical (unpaired) electrons. The molecule has 1 aliphatic heterocycles. The van der Waals surface area contributed by atoms with Gasteiger partial charge >= 0.3 is 0 Å². The van der Waals surface area contributed by atoms with Crippen molar-refractivity contribution in [3.05, 3.63) is 35.6 Å². The van der Waals surface area contributed by atoms with Crippen LogP contribution in [-0.2, 0) is 9.59 Å². The fraction of sp³-hybridized carbons (Fsp3) is 0.600. The third-order valence-corrected chi connectivity index (χ3v) is 6.08. The van der Waals surface area contributed by atoms with Gasteiger partial charge in [0.1, 0.15) is 11.7 Å². The molecule has 2 amide bonds. The average molecular weight is 383 g/mol. The number of hydrogen-bond donors (Lipinski definition) is 1. The van der Waals surface area contributed by atoms with Gasteiger partial charge in [-0.3, -0.25) is 9.59 Å². The monoisotopic (exact) mass is 382 g/mol. The summed E-state index contributed by atoms with van der Waals surface area (Å²) in [7, 11) is 0. The fourth-order valence-corrected chi connectivity index (χ4v) is 4.05. The average Bonchev–Trinajstić information content (AvgIpc) is 3.07. The Morgan fingerprint density at radius 3 is 2.42 bits per heavy atom. The van der Waals surface area contributed by atoms with Gasteiger partial charge in [0.25, 0.3) is 0 Å². The van der Waals surface area contributed by atoms with Crippen molar-refractivity contribution in [3.8, 4) is 0 Å². The molecule has 2 atom stereocenters. The first kappa shape index (κ1) is 20.7. The molecule has 1 aliphatic rings. The highest BCUT2D eigenvalue weighted by molar-refractivity contribution is 6.27. The third kappa shape index (κ3) is 4.20. The van der Waals surface area contributed by atoms with Gasteiger partial charge in [0.15, 0.2) is 0 Å². The molecule has 1 aromatic rings. The molecule has 0 aliphatic carbocycles. The molecule has 1 saturated heterocycles. The SMILES string of the molecule is CCC(CC)(CC)C(=O)N1C[C@@H](NC(=O)CCl)[C@H](c2cccc(F)c2)C1. The molecule has 144 valence electrons. The van der Waals surface area contributed by atoms with Crippen molar-refractivity contribution in [3.63, 3.8) is 0 Å². The van der Waals surface area contributed by atoms with E-state index in [-0.39, 0.29) is 40.9 Å². The van der Waals surface area contributed by atoms with Gasteiger partial charge in [-0.25, -0.2) is 4.39 Å². The van der Waals surface area contributed by atoms with E-state index in [9.17, 15) is 14.0 Å². The first-order valence-electron chi connectivity index (χ1n) is 9.30. The molecule has 4 nitrogen and oxygen atoms in total. The van der Waals surface area contributed by atoms with Crippen LogP contribution in [0.2, 0.25) is 0 Å². The minimum atomic E-state index is -0.377. The molecular formula is C20H28ClFN2O2. The lowest BCUT2D eigenvalue weighted by molar-refractivity contribution is -0.142. The van der Waals surface area contributed by atoms with Gasteiger partial charge in [-0.2, -0.15) is 0 Å². The molecule has 1 fully saturated rings. The van der Waals surface area contributed by atoms with Crippen molar-refractivity contribution in [2.24, 2.45) is 5.41 Å². The predicted octanol–water partition coefficient (Wildman–Crippen LogP) is 3.69. The largest absolute Gasteiger partial charge is 0.350 e. The predicted molar refractivity (Wildman–Crippen MR) is 102 cm³/mol. The van der Waals surface area contributed by atoms with Crippen molar-refractivity contribution in [1.29, 1.82) is 0 Å². The molecule has 26 heavy (non-hydrogen) atoms. The van der Waals surface area contributed by atoms with Gasteiger partial charge in [-0.15, -0.1) is 11.6 Å². The maximum atomic E-state index is 13.7. The van der Waals surface area contributed by atoms with Crippen LogP contribution >= 0.6 is 11.6 Å². The van der Waals surface area contributed by atoms with E-state index in [2.05, 4.69) is 5.32 Å². The highest BCUT2D eigenvalue weighted by Gasteiger charge is 2.43. The summed E-state index contributed by atoms with van der Waals surface area (Å²) in [5.74, 6) is -0.762. The van der Waals surface area contributed by atoms with Crippen molar-refractivity contribution < 1.29 is 14.0 Å². The lowest BCUT2D eigenvalue weighted by atomic mass is 9.78. The van der Waals surface area contributed by atoms with Crippen LogP contribution in [-0.4, -0.2) is 41.7 Å². The maximum absolute atomic E-state index is 13.7. The topological polar surface area (TPSA) is 49.4 Å². The van der Waals surface area contributed by atoms with Crippen LogP contribution in [0.15, 0.2) is 24.3 Å². The highest BCUT2D eigenvalue weighted by Crippen LogP contribution is 2.36. The number of amides is 2. The molecule has 0 spiro atoms. The molecule has 0 unspecified atom stereocenters. The number of rotatable bonds is 7. The smallest absolute Gasteiger partial charge is 0.235 e. The maximum Gasteiger partial charge on any atom is 0.235 e. The number of carbonyl (C=O) groups is 2. The number of hydrogen-bond acceptors (Lipinski definition) is 2. The Hall–Kier alpha value is -1.62. The second-order valence-corrected chi connectivity index (χ2v) is 7.29. The van der Waals surface area contributed by atoms with Crippen LogP contribution < -0.4 is 5.32 Å². The van der Waals surface area contributed by atoms with Crippen LogP contribution in [0.25, 0.3) is 0 Å². The van der Waals surface area contributed by atoms with Gasteiger partial charge in [0.05, 0.1) is 6.04 Å². The lowest BCUT2D eigenvalue weighted by Crippen LogP contribution is -2.44. The van der Waals surface area contributed by atoms with Gasteiger partial charge in [0, 0.05) is 24.4 Å². The molecule has 6 heteroatoms. The molecular weight excluding hydrogens is 355 g/mol. The van der Waals surface area contributed by atoms with Gasteiger partial charge in [-0.05, 0) is 37.0 Å². The molecule has 1 aromatic carbocycles. The molecule has 0 aromatic heterocycles. The number of likely N-dealkylation sites (tertiary alicyclic amines) is 1. The molecule has 1 N–H and O–H groups in total. The van der Waals surface area contributed by atoms with Crippen LogP contribution in [0.1, 0.15) is 51.5 Å². The second kappa shape index (κ2) is 8.85. The summed E-state index contributed by atoms with van der Waals surface area (Å²) in [5.41, 5.74) is 0.410. The Kier molecular flexibility index (Phi) is 7.04. The number of nitrogens with zero attached hydrogens (tertiary/aromatic N) is 1. The number of nitrogens with one attached hydrogen (secondary N) is 1. The summed E-state index contributed by atoms with van der Waals surface area (Å²) in [5, 5.41) is 2.90. The summed E-state index contributed by atoms with van der Waals surface area (Å²) in [6.07, 6.45) is 2.33. The number of carbonyl (C=O) groups excluding carboxylic acids is 2. The number of halogens is 2. The quantitative estimate of drug-likeness (QED) is 0.731. The molecule has 0 saturated carbocycles. The van der Waals surface area contributed by atoms with Crippen LogP contribution in [0, 0.1) is 11.2 Å². The van der Waals surface area contributed by atoms with E-state index in [0.717, 1.165) is 24.8 Å². The van der Waals surface area contributed by atoms with Crippen molar-refractivity contribution >= 4 is 23.4 Å². The van der Waals surface area contributed by atoms with E-state index >= 15 is 0 Å². The third-order valence-electron chi connectivity index (χ3n) is 5.84. The van der Waals surface area contributed by atoms with Gasteiger partial charge in [-0.1, -0.05) is 32.9 Å². The summed E-state index contributed by atoms with van der Waals surface area (Å²) in [6.45, 7) is 7.01. The Labute approximate surface area is 160 Å². The first-order chi connectivity index (χ1) is 12.4. The summed E-state index contributed by atoms with van der Waals surface area (Å²) < 4.78 is 13.7. The number of alkyl halides is 1. The van der Waals surface area contributed by atoms with Crippen molar-refractivity contribution in [2.75, 3.05) is 19.0 Å². The Bertz CT molecular complexity index is 640. The van der Waals surface area contributed by atoms with E-state index in [0.29, 0.717) is 13.1 Å². The normalized spacial score (nSPS) is 20.3. The van der Waals surface area contributed by atoms with E-state index in [1.807, 2.05) is 31.7 Å². The second-order valence-electron chi connectivity index (χ2n) is 7.02. The van der Waals surface area contributed by atoms with E-state index in [1.165, 1.54) is 12.1 Å². The summed E-state index contributed by atoms with van der Waals surface area (Å²) in [4.78, 5) is 26.9. The van der Waals surface area contributed by atoms with E-state index in [1.54, 1.807) is 6.07 Å². The molecule has 2 rings (SSSR count). The summed E-state index contributed by atoms with van der Waals surface area (Å²) >= 11 is 5.64. The minimum absolute atomic E-state index is 0.119. The summed E-state index contributed by atoms with van der Waals surface area (Å²) in [6, 6.07) is 6.10. The Morgan fingerprint density at radius 1 is 1.23 bits per heavy atom. The Balaban J connectivity index is 2.29. The van der Waals surface area contributed by atoms with Crippen LogP contribution in [0.4, 0.5) is 4.39 Å². The van der Waals surface area contributed by atoms with E-state index < -0.39 is 0 Å². The van der Waals surface area contributed by atoms with E-state index in [4.69, 9.17) is 11.6 Å². The highest BCUT2D eigenvalue weighted by atomic mass is 35.5. The van der Waals surface area contributed by atoms with Crippen molar-refractivity contribution in [1.82, 2.24) is 10.2 Å². The van der Waals surface area contributed by atoms with Gasteiger partial charge < -0.3 is 10.2 Å². The Morgan fingerprint density at radius 2 is 1.88 bits per heavy atom. The number of benzene rings is 1. The first-order valence-corrected chi connectivity index (χ1v) is 9.84. The van der Waals surface area contributed by atoms with Crippen LogP contribution in [0.3, 0.4) is 0 Å². The fourth-order valence-electron chi connectivity index (χ4n) is 3.98. The zero-order valence-corrected chi connectivity index (χ0v) is 16.5. The lowest BCUT2D eigenvalue weighted by Gasteiger charge is -2.33. The molecule has 0 bridgehead atoms.